The molecule has 2 N–H and O–H groups in total. The smallest absolute Gasteiger partial charge is 0.269 e. The molecule has 0 heterocycles. The maximum atomic E-state index is 12.3. The van der Waals surface area contributed by atoms with Gasteiger partial charge in [0.2, 0.25) is 11.8 Å². The number of amides is 3. The minimum absolute atomic E-state index is 0.0630. The van der Waals surface area contributed by atoms with Gasteiger partial charge in [0, 0.05) is 31.5 Å². The van der Waals surface area contributed by atoms with Gasteiger partial charge in [-0.3, -0.25) is 25.2 Å². The minimum Gasteiger partial charge on any atom is -0.493 e. The van der Waals surface area contributed by atoms with Crippen LogP contribution in [-0.4, -0.2) is 49.4 Å². The zero-order chi connectivity index (χ0) is 22.4. The van der Waals surface area contributed by atoms with Crippen molar-refractivity contribution < 1.29 is 23.9 Å². The van der Waals surface area contributed by atoms with E-state index < -0.39 is 5.91 Å². The molecule has 1 rings (SSSR count). The predicted molar refractivity (Wildman–Crippen MR) is 115 cm³/mol. The van der Waals surface area contributed by atoms with E-state index in [2.05, 4.69) is 10.9 Å². The van der Waals surface area contributed by atoms with Crippen LogP contribution in [-0.2, 0) is 9.59 Å². The molecule has 0 aliphatic carbocycles. The van der Waals surface area contributed by atoms with Crippen molar-refractivity contribution in [1.82, 2.24) is 15.8 Å². The maximum Gasteiger partial charge on any atom is 0.269 e. The van der Waals surface area contributed by atoms with Gasteiger partial charge in [-0.15, -0.1) is 0 Å². The van der Waals surface area contributed by atoms with Crippen molar-refractivity contribution in [3.8, 4) is 11.5 Å². The van der Waals surface area contributed by atoms with Crippen LogP contribution in [0.1, 0.15) is 69.7 Å². The highest BCUT2D eigenvalue weighted by Gasteiger charge is 2.14. The van der Waals surface area contributed by atoms with E-state index in [-0.39, 0.29) is 18.2 Å². The van der Waals surface area contributed by atoms with Gasteiger partial charge >= 0.3 is 0 Å². The van der Waals surface area contributed by atoms with Crippen molar-refractivity contribution >= 4 is 17.7 Å². The topological polar surface area (TPSA) is 97.0 Å². The molecule has 0 unspecified atom stereocenters. The average molecular weight is 422 g/mol. The van der Waals surface area contributed by atoms with Crippen molar-refractivity contribution in [3.05, 3.63) is 23.8 Å². The van der Waals surface area contributed by atoms with Crippen LogP contribution >= 0.6 is 0 Å². The molecule has 0 spiro atoms. The number of benzene rings is 1. The van der Waals surface area contributed by atoms with Crippen LogP contribution in [0.25, 0.3) is 0 Å². The summed E-state index contributed by atoms with van der Waals surface area (Å²) in [5, 5.41) is 0. The fourth-order valence-corrected chi connectivity index (χ4v) is 2.86. The Hall–Kier alpha value is -2.77. The first-order valence-electron chi connectivity index (χ1n) is 10.6. The Balaban J connectivity index is 2.45. The molecule has 0 atom stereocenters. The lowest BCUT2D eigenvalue weighted by Crippen LogP contribution is -2.41. The van der Waals surface area contributed by atoms with Gasteiger partial charge in [-0.05, 0) is 43.9 Å². The van der Waals surface area contributed by atoms with Gasteiger partial charge in [0.05, 0.1) is 13.7 Å². The summed E-state index contributed by atoms with van der Waals surface area (Å²) in [6, 6.07) is 4.82. The summed E-state index contributed by atoms with van der Waals surface area (Å²) < 4.78 is 10.8. The normalized spacial score (nSPS) is 10.3. The number of rotatable bonds is 13. The lowest BCUT2D eigenvalue weighted by Gasteiger charge is -2.21. The Morgan fingerprint density at radius 2 is 1.63 bits per heavy atom. The lowest BCUT2D eigenvalue weighted by atomic mass is 10.2. The minimum atomic E-state index is -0.461. The molecule has 8 nitrogen and oxygen atoms in total. The number of nitrogens with zero attached hydrogens (tertiary/aromatic N) is 1. The molecule has 0 radical (unpaired) electrons. The van der Waals surface area contributed by atoms with E-state index in [1.165, 1.54) is 7.11 Å². The number of nitrogens with one attached hydrogen (secondary N) is 2. The number of ether oxygens (including phenoxy) is 2. The molecule has 1 aromatic rings. The molecular formula is C22H35N3O5. The highest BCUT2D eigenvalue weighted by atomic mass is 16.5. The van der Waals surface area contributed by atoms with Crippen molar-refractivity contribution in [3.63, 3.8) is 0 Å². The molecule has 0 aliphatic heterocycles. The van der Waals surface area contributed by atoms with Crippen LogP contribution < -0.4 is 20.3 Å². The van der Waals surface area contributed by atoms with Crippen molar-refractivity contribution in [1.29, 1.82) is 0 Å². The number of hydrogen-bond acceptors (Lipinski definition) is 5. The number of hydrogen-bond donors (Lipinski definition) is 2. The molecule has 0 fully saturated rings. The number of methoxy groups -OCH3 is 1. The van der Waals surface area contributed by atoms with E-state index in [4.69, 9.17) is 9.47 Å². The molecule has 168 valence electrons. The molecule has 0 saturated carbocycles. The Kier molecular flexibility index (Phi) is 12.0. The van der Waals surface area contributed by atoms with Crippen molar-refractivity contribution in [2.24, 2.45) is 0 Å². The van der Waals surface area contributed by atoms with Gasteiger partial charge < -0.3 is 14.4 Å². The zero-order valence-corrected chi connectivity index (χ0v) is 18.6. The van der Waals surface area contributed by atoms with Crippen LogP contribution in [0.15, 0.2) is 18.2 Å². The molecule has 8 heteroatoms. The molecule has 0 bridgehead atoms. The first-order valence-corrected chi connectivity index (χ1v) is 10.6. The molecule has 0 aromatic heterocycles. The van der Waals surface area contributed by atoms with Crippen molar-refractivity contribution in [2.75, 3.05) is 26.8 Å². The van der Waals surface area contributed by atoms with E-state index in [1.807, 2.05) is 25.7 Å². The number of carbonyl (C=O) groups excluding carboxylic acids is 3. The largest absolute Gasteiger partial charge is 0.493 e. The molecular weight excluding hydrogens is 386 g/mol. The molecule has 3 amide bonds. The highest BCUT2D eigenvalue weighted by molar-refractivity contribution is 5.96. The maximum absolute atomic E-state index is 12.3. The van der Waals surface area contributed by atoms with Crippen LogP contribution in [0, 0.1) is 0 Å². The first kappa shape index (κ1) is 25.3. The van der Waals surface area contributed by atoms with E-state index in [0.29, 0.717) is 36.5 Å². The van der Waals surface area contributed by atoms with Crippen LogP contribution in [0.3, 0.4) is 0 Å². The third-order valence-corrected chi connectivity index (χ3v) is 4.34. The summed E-state index contributed by atoms with van der Waals surface area (Å²) in [4.78, 5) is 38.3. The van der Waals surface area contributed by atoms with Crippen LogP contribution in [0.4, 0.5) is 0 Å². The van der Waals surface area contributed by atoms with Gasteiger partial charge in [-0.2, -0.15) is 0 Å². The Morgan fingerprint density at radius 1 is 0.933 bits per heavy atom. The first-order chi connectivity index (χ1) is 14.5. The summed E-state index contributed by atoms with van der Waals surface area (Å²) in [7, 11) is 1.50. The fourth-order valence-electron chi connectivity index (χ4n) is 2.86. The molecule has 1 aromatic carbocycles. The second-order valence-electron chi connectivity index (χ2n) is 6.95. The monoisotopic (exact) mass is 421 g/mol. The van der Waals surface area contributed by atoms with E-state index in [0.717, 1.165) is 32.4 Å². The fraction of sp³-hybridized carbons (Fsp3) is 0.591. The Labute approximate surface area is 179 Å². The molecule has 30 heavy (non-hydrogen) atoms. The van der Waals surface area contributed by atoms with E-state index in [1.54, 1.807) is 18.2 Å². The Bertz CT molecular complexity index is 687. The summed E-state index contributed by atoms with van der Waals surface area (Å²) in [5.74, 6) is 0.267. The Morgan fingerprint density at radius 3 is 2.23 bits per heavy atom. The van der Waals surface area contributed by atoms with Crippen LogP contribution in [0.2, 0.25) is 0 Å². The van der Waals surface area contributed by atoms with Gasteiger partial charge in [0.1, 0.15) is 0 Å². The van der Waals surface area contributed by atoms with Gasteiger partial charge in [0.25, 0.3) is 5.91 Å². The molecule has 0 saturated heterocycles. The SMILES string of the molecule is CCCOc1ccc(C(=O)NNC(=O)CCCC(=O)N(CCC)CCC)cc1OC. The van der Waals surface area contributed by atoms with Gasteiger partial charge in [-0.1, -0.05) is 20.8 Å². The highest BCUT2D eigenvalue weighted by Crippen LogP contribution is 2.28. The van der Waals surface area contributed by atoms with Gasteiger partial charge in [-0.25, -0.2) is 0 Å². The zero-order valence-electron chi connectivity index (χ0n) is 18.6. The van der Waals surface area contributed by atoms with E-state index >= 15 is 0 Å². The van der Waals surface area contributed by atoms with Crippen LogP contribution in [0.5, 0.6) is 11.5 Å². The summed E-state index contributed by atoms with van der Waals surface area (Å²) in [6.45, 7) is 8.09. The third-order valence-electron chi connectivity index (χ3n) is 4.34. The lowest BCUT2D eigenvalue weighted by molar-refractivity contribution is -0.131. The quantitative estimate of drug-likeness (QED) is 0.477. The second kappa shape index (κ2) is 14.3. The summed E-state index contributed by atoms with van der Waals surface area (Å²) in [5.41, 5.74) is 5.10. The van der Waals surface area contributed by atoms with E-state index in [9.17, 15) is 14.4 Å². The summed E-state index contributed by atoms with van der Waals surface area (Å²) in [6.07, 6.45) is 3.59. The molecule has 0 aliphatic rings. The average Bonchev–Trinajstić information content (AvgIpc) is 2.75. The van der Waals surface area contributed by atoms with Gasteiger partial charge in [0.15, 0.2) is 11.5 Å². The number of hydrazine groups is 1. The standard InChI is InChI=1S/C22H35N3O5/c1-5-13-25(14-6-2)21(27)10-8-9-20(26)23-24-22(28)17-11-12-18(30-15-7-3)19(16-17)29-4/h11-12,16H,5-10,13-15H2,1-4H3,(H,23,26)(H,24,28). The van der Waals surface area contributed by atoms with Crippen molar-refractivity contribution in [2.45, 2.75) is 59.3 Å². The third kappa shape index (κ3) is 8.71. The predicted octanol–water partition coefficient (Wildman–Crippen LogP) is 3.06. The number of carbonyl (C=O) groups is 3. The summed E-state index contributed by atoms with van der Waals surface area (Å²) >= 11 is 0. The second-order valence-corrected chi connectivity index (χ2v) is 6.95.